The van der Waals surface area contributed by atoms with Crippen molar-refractivity contribution in [3.63, 3.8) is 0 Å². The van der Waals surface area contributed by atoms with Crippen LogP contribution in [0.15, 0.2) is 134 Å². The van der Waals surface area contributed by atoms with Gasteiger partial charge in [0.15, 0.2) is 6.10 Å². The summed E-state index contributed by atoms with van der Waals surface area (Å²) in [7, 11) is -4.40. The standard InChI is InChI=1S/C89H156NO8P/c1-3-5-7-9-11-13-15-17-19-21-23-25-27-29-31-33-35-37-39-41-42-43-44-46-47-49-51-53-55-57-59-61-63-65-67-69-71-73-75-77-79-81-88(91)95-85-87(86-97-99(93,94)96-84-83-90)98-89(92)82-80-78-76-74-72-70-68-66-64-62-60-58-56-54-52-50-48-45-40-38-36-34-32-30-28-26-24-22-20-18-16-14-12-10-8-6-4-2/h5-8,11-14,17-20,23-26,30,32,36,38,45,48,87H,3-4,9-10,15-16,21-22,27-29,31,33-35,37,39-44,46-47,49-86,90H2,1-2H3,(H,93,94)/b7-5-,8-6-,13-11-,14-12-,19-17-,20-18-,25-23-,26-24-,32-30-,38-36-,48-45-. The van der Waals surface area contributed by atoms with Gasteiger partial charge in [-0.05, 0) is 109 Å². The fourth-order valence-corrected chi connectivity index (χ4v) is 12.7. The number of phosphoric ester groups is 1. The lowest BCUT2D eigenvalue weighted by Crippen LogP contribution is -2.29. The second kappa shape index (κ2) is 83.1. The van der Waals surface area contributed by atoms with Gasteiger partial charge >= 0.3 is 19.8 Å². The van der Waals surface area contributed by atoms with Crippen molar-refractivity contribution in [1.29, 1.82) is 0 Å². The Kier molecular flexibility index (Phi) is 79.9. The third-order valence-electron chi connectivity index (χ3n) is 18.0. The van der Waals surface area contributed by atoms with Crippen LogP contribution in [0.5, 0.6) is 0 Å². The number of unbranched alkanes of at least 4 members (excludes halogenated alkanes) is 43. The second-order valence-corrected chi connectivity index (χ2v) is 29.0. The monoisotopic (exact) mass is 1400 g/mol. The Labute approximate surface area is 612 Å². The summed E-state index contributed by atoms with van der Waals surface area (Å²) in [4.78, 5) is 35.5. The molecular weight excluding hydrogens is 1240 g/mol. The molecule has 0 fully saturated rings. The fourth-order valence-electron chi connectivity index (χ4n) is 12.0. The van der Waals surface area contributed by atoms with E-state index < -0.39 is 26.5 Å². The van der Waals surface area contributed by atoms with Crippen LogP contribution in [-0.4, -0.2) is 49.3 Å². The maximum atomic E-state index is 12.8. The smallest absolute Gasteiger partial charge is 0.462 e. The number of carbonyl (C=O) groups is 2. The molecule has 0 aliphatic rings. The number of nitrogens with two attached hydrogens (primary N) is 1. The fraction of sp³-hybridized carbons (Fsp3) is 0.730. The number of phosphoric acid groups is 1. The second-order valence-electron chi connectivity index (χ2n) is 27.6. The van der Waals surface area contributed by atoms with Crippen molar-refractivity contribution in [2.45, 2.75) is 392 Å². The summed E-state index contributed by atoms with van der Waals surface area (Å²) < 4.78 is 33.3. The molecule has 10 heteroatoms. The van der Waals surface area contributed by atoms with E-state index in [9.17, 15) is 19.0 Å². The van der Waals surface area contributed by atoms with E-state index in [4.69, 9.17) is 24.3 Å². The number of rotatable bonds is 78. The van der Waals surface area contributed by atoms with Gasteiger partial charge < -0.3 is 20.1 Å². The van der Waals surface area contributed by atoms with Gasteiger partial charge in [0, 0.05) is 19.4 Å². The third-order valence-corrected chi connectivity index (χ3v) is 19.0. The van der Waals surface area contributed by atoms with E-state index in [-0.39, 0.29) is 38.6 Å². The van der Waals surface area contributed by atoms with Crippen molar-refractivity contribution >= 4 is 19.8 Å². The van der Waals surface area contributed by atoms with Gasteiger partial charge in [0.2, 0.25) is 0 Å². The van der Waals surface area contributed by atoms with Crippen LogP contribution in [0, 0.1) is 0 Å². The van der Waals surface area contributed by atoms with E-state index in [0.29, 0.717) is 6.42 Å². The predicted octanol–water partition coefficient (Wildman–Crippen LogP) is 28.3. The van der Waals surface area contributed by atoms with Gasteiger partial charge in [-0.3, -0.25) is 18.6 Å². The molecule has 0 amide bonds. The van der Waals surface area contributed by atoms with E-state index in [1.54, 1.807) is 0 Å². The maximum Gasteiger partial charge on any atom is 0.472 e. The molecule has 0 aromatic heterocycles. The molecular formula is C89H156NO8P. The molecule has 2 unspecified atom stereocenters. The summed E-state index contributed by atoms with van der Waals surface area (Å²) in [6, 6.07) is 0. The zero-order chi connectivity index (χ0) is 71.5. The van der Waals surface area contributed by atoms with Crippen molar-refractivity contribution in [2.75, 3.05) is 26.4 Å². The van der Waals surface area contributed by atoms with Gasteiger partial charge in [-0.25, -0.2) is 4.57 Å². The normalized spacial score (nSPS) is 13.5. The van der Waals surface area contributed by atoms with Crippen LogP contribution in [0.25, 0.3) is 0 Å². The molecule has 0 spiro atoms. The molecule has 0 aromatic carbocycles. The number of hydrogen-bond acceptors (Lipinski definition) is 8. The first-order valence-electron chi connectivity index (χ1n) is 41.7. The summed E-state index contributed by atoms with van der Waals surface area (Å²) in [6.45, 7) is 3.56. The molecule has 99 heavy (non-hydrogen) atoms. The van der Waals surface area contributed by atoms with Crippen LogP contribution in [-0.2, 0) is 32.7 Å². The Morgan fingerprint density at radius 3 is 0.778 bits per heavy atom. The third kappa shape index (κ3) is 83.0. The Hall–Kier alpha value is -3.85. The molecule has 0 saturated carbocycles. The molecule has 0 aromatic rings. The van der Waals surface area contributed by atoms with E-state index in [2.05, 4.69) is 148 Å². The highest BCUT2D eigenvalue weighted by Gasteiger charge is 2.26. The number of hydrogen-bond donors (Lipinski definition) is 2. The SMILES string of the molecule is CC/C=C\C/C=C\C/C=C\C/C=C\C/C=C\C/C=C\C/C=C\CCCCCCCCCCCCCCCCCC(=O)OC(COC(=O)CCCCCCCCCCCCCCCCCCCCCCCCCCCCCC/C=C\C/C=C\C/C=C\C/C=C\CC)COP(=O)(O)OCCN. The Morgan fingerprint density at radius 1 is 0.303 bits per heavy atom. The van der Waals surface area contributed by atoms with Gasteiger partial charge in [-0.15, -0.1) is 0 Å². The summed E-state index contributed by atoms with van der Waals surface area (Å²) in [5.74, 6) is -0.814. The molecule has 2 atom stereocenters. The van der Waals surface area contributed by atoms with Crippen molar-refractivity contribution in [1.82, 2.24) is 0 Å². The lowest BCUT2D eigenvalue weighted by molar-refractivity contribution is -0.161. The summed E-state index contributed by atoms with van der Waals surface area (Å²) in [5.41, 5.74) is 5.42. The molecule has 0 saturated heterocycles. The molecule has 3 N–H and O–H groups in total. The largest absolute Gasteiger partial charge is 0.472 e. The van der Waals surface area contributed by atoms with Crippen LogP contribution in [0.2, 0.25) is 0 Å². The van der Waals surface area contributed by atoms with Crippen molar-refractivity contribution in [3.8, 4) is 0 Å². The molecule has 0 heterocycles. The first-order valence-corrected chi connectivity index (χ1v) is 43.2. The average Bonchev–Trinajstić information content (AvgIpc) is 1.64. The molecule has 9 nitrogen and oxygen atoms in total. The van der Waals surface area contributed by atoms with E-state index in [1.807, 2.05) is 0 Å². The van der Waals surface area contributed by atoms with Crippen LogP contribution in [0.3, 0.4) is 0 Å². The van der Waals surface area contributed by atoms with Gasteiger partial charge in [0.05, 0.1) is 13.2 Å². The molecule has 0 radical (unpaired) electrons. The minimum atomic E-state index is -4.40. The average molecular weight is 1400 g/mol. The summed E-state index contributed by atoms with van der Waals surface area (Å²) in [5, 5.41) is 0. The highest BCUT2D eigenvalue weighted by Crippen LogP contribution is 2.43. The van der Waals surface area contributed by atoms with E-state index in [1.165, 1.54) is 244 Å². The Morgan fingerprint density at radius 2 is 0.525 bits per heavy atom. The highest BCUT2D eigenvalue weighted by molar-refractivity contribution is 7.47. The number of esters is 2. The summed E-state index contributed by atoms with van der Waals surface area (Å²) in [6.07, 6.45) is 119. The van der Waals surface area contributed by atoms with Crippen molar-refractivity contribution in [3.05, 3.63) is 134 Å². The van der Waals surface area contributed by atoms with Gasteiger partial charge in [-0.2, -0.15) is 0 Å². The Bertz CT molecular complexity index is 2100. The minimum absolute atomic E-state index is 0.0514. The van der Waals surface area contributed by atoms with Crippen LogP contribution < -0.4 is 5.73 Å². The molecule has 0 bridgehead atoms. The van der Waals surface area contributed by atoms with Crippen LogP contribution >= 0.6 is 7.82 Å². The number of ether oxygens (including phenoxy) is 2. The zero-order valence-corrected chi connectivity index (χ0v) is 65.3. The first kappa shape index (κ1) is 95.2. The molecule has 0 rings (SSSR count). The Balaban J connectivity index is 3.77. The zero-order valence-electron chi connectivity index (χ0n) is 64.4. The lowest BCUT2D eigenvalue weighted by atomic mass is 10.0. The highest BCUT2D eigenvalue weighted by atomic mass is 31.2. The van der Waals surface area contributed by atoms with Crippen molar-refractivity contribution < 1.29 is 37.6 Å². The maximum absolute atomic E-state index is 12.8. The van der Waals surface area contributed by atoms with Crippen LogP contribution in [0.1, 0.15) is 386 Å². The van der Waals surface area contributed by atoms with Gasteiger partial charge in [0.25, 0.3) is 0 Å². The lowest BCUT2D eigenvalue weighted by Gasteiger charge is -2.19. The first-order chi connectivity index (χ1) is 48.8. The number of carbonyl (C=O) groups excluding carboxylic acids is 2. The number of allylic oxidation sites excluding steroid dienone is 22. The molecule has 0 aliphatic carbocycles. The van der Waals surface area contributed by atoms with Crippen LogP contribution in [0.4, 0.5) is 0 Å². The van der Waals surface area contributed by atoms with E-state index >= 15 is 0 Å². The molecule has 0 aliphatic heterocycles. The summed E-state index contributed by atoms with van der Waals surface area (Å²) >= 11 is 0. The minimum Gasteiger partial charge on any atom is -0.462 e. The molecule has 570 valence electrons. The quantitative estimate of drug-likeness (QED) is 0.0264. The van der Waals surface area contributed by atoms with Gasteiger partial charge in [0.1, 0.15) is 6.61 Å². The topological polar surface area (TPSA) is 134 Å². The predicted molar refractivity (Wildman–Crippen MR) is 431 cm³/mol. The van der Waals surface area contributed by atoms with Crippen molar-refractivity contribution in [2.24, 2.45) is 5.73 Å². The van der Waals surface area contributed by atoms with Gasteiger partial charge in [-0.1, -0.05) is 398 Å². The van der Waals surface area contributed by atoms with E-state index in [0.717, 1.165) is 109 Å².